The Morgan fingerprint density at radius 3 is 2.24 bits per heavy atom. The lowest BCUT2D eigenvalue weighted by molar-refractivity contribution is 0.0601. The quantitative estimate of drug-likeness (QED) is 0.638. The average molecular weight is 284 g/mol. The number of rotatable bonds is 4. The molecular weight excluding hydrogens is 268 g/mol. The standard InChI is InChI=1S/C17H16O4/c1-11(18)12-8-13(10-14(9-12)17(19)21-3)15-6-4-5-7-16(15)20-2/h4-10H,1-3H3. The monoisotopic (exact) mass is 284 g/mol. The molecule has 0 atom stereocenters. The lowest BCUT2D eigenvalue weighted by Gasteiger charge is -2.11. The van der Waals surface area contributed by atoms with Gasteiger partial charge in [-0.3, -0.25) is 4.79 Å². The van der Waals surface area contributed by atoms with Crippen LogP contribution >= 0.6 is 0 Å². The number of carbonyl (C=O) groups excluding carboxylic acids is 2. The molecule has 108 valence electrons. The van der Waals surface area contributed by atoms with E-state index in [-0.39, 0.29) is 5.78 Å². The van der Waals surface area contributed by atoms with Gasteiger partial charge in [0.1, 0.15) is 5.75 Å². The lowest BCUT2D eigenvalue weighted by atomic mass is 9.97. The van der Waals surface area contributed by atoms with Crippen LogP contribution in [0.15, 0.2) is 42.5 Å². The van der Waals surface area contributed by atoms with E-state index in [4.69, 9.17) is 9.47 Å². The van der Waals surface area contributed by atoms with Crippen molar-refractivity contribution in [1.29, 1.82) is 0 Å². The van der Waals surface area contributed by atoms with Crippen LogP contribution in [-0.2, 0) is 4.74 Å². The van der Waals surface area contributed by atoms with Crippen LogP contribution in [0.1, 0.15) is 27.6 Å². The van der Waals surface area contributed by atoms with Crippen molar-refractivity contribution < 1.29 is 19.1 Å². The molecule has 0 aromatic heterocycles. The number of benzene rings is 2. The second-order valence-corrected chi connectivity index (χ2v) is 4.55. The summed E-state index contributed by atoms with van der Waals surface area (Å²) in [7, 11) is 2.89. The summed E-state index contributed by atoms with van der Waals surface area (Å²) in [6, 6.07) is 12.4. The molecule has 0 saturated carbocycles. The molecular formula is C17H16O4. The number of ether oxygens (including phenoxy) is 2. The lowest BCUT2D eigenvalue weighted by Crippen LogP contribution is -2.04. The summed E-state index contributed by atoms with van der Waals surface area (Å²) < 4.78 is 10.1. The van der Waals surface area contributed by atoms with Gasteiger partial charge in [-0.2, -0.15) is 0 Å². The maximum Gasteiger partial charge on any atom is 0.337 e. The molecule has 4 heteroatoms. The van der Waals surface area contributed by atoms with Crippen LogP contribution in [0.25, 0.3) is 11.1 Å². The van der Waals surface area contributed by atoms with Crippen molar-refractivity contribution in [2.75, 3.05) is 14.2 Å². The zero-order chi connectivity index (χ0) is 15.4. The van der Waals surface area contributed by atoms with Gasteiger partial charge in [0.05, 0.1) is 19.8 Å². The SMILES string of the molecule is COC(=O)c1cc(C(C)=O)cc(-c2ccccc2OC)c1. The summed E-state index contributed by atoms with van der Waals surface area (Å²) in [6.45, 7) is 1.46. The molecule has 0 aliphatic rings. The number of Topliss-reactive ketones (excluding diaryl/α,β-unsaturated/α-hetero) is 1. The van der Waals surface area contributed by atoms with E-state index < -0.39 is 5.97 Å². The van der Waals surface area contributed by atoms with Gasteiger partial charge in [0, 0.05) is 11.1 Å². The zero-order valence-corrected chi connectivity index (χ0v) is 12.2. The van der Waals surface area contributed by atoms with Crippen molar-refractivity contribution in [2.45, 2.75) is 6.92 Å². The van der Waals surface area contributed by atoms with Crippen molar-refractivity contribution >= 4 is 11.8 Å². The van der Waals surface area contributed by atoms with Gasteiger partial charge in [-0.25, -0.2) is 4.79 Å². The highest BCUT2D eigenvalue weighted by Crippen LogP contribution is 2.31. The third-order valence-electron chi connectivity index (χ3n) is 3.18. The minimum absolute atomic E-state index is 0.114. The minimum Gasteiger partial charge on any atom is -0.496 e. The Labute approximate surface area is 123 Å². The highest BCUT2D eigenvalue weighted by Gasteiger charge is 2.14. The molecule has 0 radical (unpaired) electrons. The first-order chi connectivity index (χ1) is 10.1. The predicted octanol–water partition coefficient (Wildman–Crippen LogP) is 3.35. The maximum absolute atomic E-state index is 11.8. The fourth-order valence-electron chi connectivity index (χ4n) is 2.11. The van der Waals surface area contributed by atoms with Crippen LogP contribution in [0.2, 0.25) is 0 Å². The van der Waals surface area contributed by atoms with E-state index >= 15 is 0 Å². The van der Waals surface area contributed by atoms with Crippen molar-refractivity contribution in [1.82, 2.24) is 0 Å². The molecule has 0 bridgehead atoms. The first-order valence-electron chi connectivity index (χ1n) is 6.44. The normalized spacial score (nSPS) is 10.0. The molecule has 4 nitrogen and oxygen atoms in total. The van der Waals surface area contributed by atoms with E-state index in [1.165, 1.54) is 20.1 Å². The molecule has 0 N–H and O–H groups in total. The van der Waals surface area contributed by atoms with Gasteiger partial charge in [-0.05, 0) is 36.8 Å². The van der Waals surface area contributed by atoms with Gasteiger partial charge >= 0.3 is 5.97 Å². The van der Waals surface area contributed by atoms with E-state index in [0.29, 0.717) is 16.9 Å². The average Bonchev–Trinajstić information content (AvgIpc) is 2.53. The van der Waals surface area contributed by atoms with Crippen molar-refractivity contribution in [2.24, 2.45) is 0 Å². The number of hydrogen-bond donors (Lipinski definition) is 0. The molecule has 0 fully saturated rings. The first kappa shape index (κ1) is 14.8. The van der Waals surface area contributed by atoms with Crippen LogP contribution in [0.5, 0.6) is 5.75 Å². The third kappa shape index (κ3) is 3.11. The van der Waals surface area contributed by atoms with Gasteiger partial charge in [0.2, 0.25) is 0 Å². The summed E-state index contributed by atoms with van der Waals surface area (Å²) in [5.41, 5.74) is 2.35. The predicted molar refractivity (Wildman–Crippen MR) is 79.8 cm³/mol. The Morgan fingerprint density at radius 1 is 0.952 bits per heavy atom. The minimum atomic E-state index is -0.478. The van der Waals surface area contributed by atoms with E-state index in [9.17, 15) is 9.59 Å². The second kappa shape index (κ2) is 6.22. The highest BCUT2D eigenvalue weighted by atomic mass is 16.5. The van der Waals surface area contributed by atoms with Crippen LogP contribution < -0.4 is 4.74 Å². The molecule has 2 aromatic carbocycles. The maximum atomic E-state index is 11.8. The van der Waals surface area contributed by atoms with Crippen LogP contribution in [-0.4, -0.2) is 26.0 Å². The van der Waals surface area contributed by atoms with Crippen LogP contribution in [0.4, 0.5) is 0 Å². The molecule has 0 aliphatic heterocycles. The Bertz CT molecular complexity index is 689. The smallest absolute Gasteiger partial charge is 0.337 e. The second-order valence-electron chi connectivity index (χ2n) is 4.55. The molecule has 2 aromatic rings. The fraction of sp³-hybridized carbons (Fsp3) is 0.176. The van der Waals surface area contributed by atoms with Gasteiger partial charge in [-0.1, -0.05) is 18.2 Å². The Morgan fingerprint density at radius 2 is 1.62 bits per heavy atom. The number of esters is 1. The third-order valence-corrected chi connectivity index (χ3v) is 3.18. The number of ketones is 1. The molecule has 0 spiro atoms. The topological polar surface area (TPSA) is 52.6 Å². The van der Waals surface area contributed by atoms with Crippen LogP contribution in [0.3, 0.4) is 0 Å². The largest absolute Gasteiger partial charge is 0.496 e. The molecule has 21 heavy (non-hydrogen) atoms. The summed E-state index contributed by atoms with van der Waals surface area (Å²) in [6.07, 6.45) is 0. The van der Waals surface area contributed by atoms with Gasteiger partial charge < -0.3 is 9.47 Å². The van der Waals surface area contributed by atoms with E-state index in [0.717, 1.165) is 11.1 Å². The first-order valence-corrected chi connectivity index (χ1v) is 6.44. The van der Waals surface area contributed by atoms with E-state index in [2.05, 4.69) is 0 Å². The molecule has 0 amide bonds. The van der Waals surface area contributed by atoms with Crippen molar-refractivity contribution in [3.05, 3.63) is 53.6 Å². The summed E-state index contributed by atoms with van der Waals surface area (Å²) >= 11 is 0. The number of carbonyl (C=O) groups is 2. The van der Waals surface area contributed by atoms with E-state index in [1.54, 1.807) is 19.2 Å². The Kier molecular flexibility index (Phi) is 4.38. The fourth-order valence-corrected chi connectivity index (χ4v) is 2.11. The Balaban J connectivity index is 2.65. The van der Waals surface area contributed by atoms with Gasteiger partial charge in [0.25, 0.3) is 0 Å². The van der Waals surface area contributed by atoms with E-state index in [1.807, 2.05) is 24.3 Å². The zero-order valence-electron chi connectivity index (χ0n) is 12.2. The highest BCUT2D eigenvalue weighted by molar-refractivity contribution is 6.00. The van der Waals surface area contributed by atoms with Crippen molar-refractivity contribution in [3.8, 4) is 16.9 Å². The summed E-state index contributed by atoms with van der Waals surface area (Å²) in [4.78, 5) is 23.4. The molecule has 0 unspecified atom stereocenters. The molecule has 0 aliphatic carbocycles. The number of methoxy groups -OCH3 is 2. The summed E-state index contributed by atoms with van der Waals surface area (Å²) in [5.74, 6) is 0.0835. The van der Waals surface area contributed by atoms with Crippen molar-refractivity contribution in [3.63, 3.8) is 0 Å². The molecule has 0 saturated heterocycles. The van der Waals surface area contributed by atoms with Gasteiger partial charge in [0.15, 0.2) is 5.78 Å². The van der Waals surface area contributed by atoms with Gasteiger partial charge in [-0.15, -0.1) is 0 Å². The number of hydrogen-bond acceptors (Lipinski definition) is 4. The summed E-state index contributed by atoms with van der Waals surface area (Å²) in [5, 5.41) is 0. The Hall–Kier alpha value is -2.62. The van der Waals surface area contributed by atoms with Crippen LogP contribution in [0, 0.1) is 0 Å². The molecule has 2 rings (SSSR count). The molecule has 0 heterocycles. The number of para-hydroxylation sites is 1.